The summed E-state index contributed by atoms with van der Waals surface area (Å²) < 4.78 is 7.97. The molecule has 1 atom stereocenters. The van der Waals surface area contributed by atoms with E-state index in [4.69, 9.17) is 4.74 Å². The van der Waals surface area contributed by atoms with Crippen LogP contribution in [0.3, 0.4) is 0 Å². The average molecular weight is 346 g/mol. The first-order valence-corrected chi connectivity index (χ1v) is 8.28. The van der Waals surface area contributed by atoms with Crippen LogP contribution in [0.15, 0.2) is 40.1 Å². The molecule has 0 spiro atoms. The monoisotopic (exact) mass is 346 g/mol. The molecule has 0 aliphatic heterocycles. The normalized spacial score (nSPS) is 12.9. The number of aromatic nitrogens is 2. The Morgan fingerprint density at radius 2 is 1.88 bits per heavy atom. The Morgan fingerprint density at radius 1 is 1.20 bits per heavy atom. The van der Waals surface area contributed by atoms with E-state index in [1.165, 1.54) is 22.4 Å². The van der Waals surface area contributed by atoms with E-state index in [1.54, 1.807) is 7.05 Å². The molecule has 1 unspecified atom stereocenters. The summed E-state index contributed by atoms with van der Waals surface area (Å²) in [7, 11) is 1.56. The Kier molecular flexibility index (Phi) is 5.52. The second-order valence-electron chi connectivity index (χ2n) is 7.35. The summed E-state index contributed by atoms with van der Waals surface area (Å²) in [4.78, 5) is 23.7. The van der Waals surface area contributed by atoms with Gasteiger partial charge in [-0.25, -0.2) is 4.79 Å². The summed E-state index contributed by atoms with van der Waals surface area (Å²) in [6, 6.07) is 7.26. The van der Waals surface area contributed by atoms with Crippen molar-refractivity contribution in [1.29, 1.82) is 0 Å². The van der Waals surface area contributed by atoms with Crippen LogP contribution in [0.5, 0.6) is 5.75 Å². The van der Waals surface area contributed by atoms with Gasteiger partial charge in [-0.1, -0.05) is 32.9 Å². The highest BCUT2D eigenvalue weighted by Crippen LogP contribution is 2.27. The van der Waals surface area contributed by atoms with Gasteiger partial charge in [0.05, 0.1) is 6.54 Å². The molecule has 6 nitrogen and oxygen atoms in total. The molecule has 0 amide bonds. The van der Waals surface area contributed by atoms with Crippen LogP contribution in [0.1, 0.15) is 31.9 Å². The molecule has 0 fully saturated rings. The average Bonchev–Trinajstić information content (AvgIpc) is 2.53. The summed E-state index contributed by atoms with van der Waals surface area (Å²) >= 11 is 0. The van der Waals surface area contributed by atoms with E-state index in [2.05, 4.69) is 26.8 Å². The predicted octanol–water partition coefficient (Wildman–Crippen LogP) is 1.59. The van der Waals surface area contributed by atoms with E-state index < -0.39 is 17.4 Å². The van der Waals surface area contributed by atoms with E-state index in [9.17, 15) is 14.7 Å². The Bertz CT molecular complexity index is 859. The van der Waals surface area contributed by atoms with Crippen molar-refractivity contribution in [3.05, 3.63) is 62.4 Å². The molecular formula is C19H26N2O4. The molecule has 1 N–H and O–H groups in total. The van der Waals surface area contributed by atoms with Gasteiger partial charge in [-0.15, -0.1) is 0 Å². The molecule has 2 rings (SSSR count). The Labute approximate surface area is 147 Å². The number of ether oxygens (including phenoxy) is 1. The molecule has 0 bridgehead atoms. The molecule has 6 heteroatoms. The number of aryl methyl sites for hydroxylation is 2. The molecule has 25 heavy (non-hydrogen) atoms. The van der Waals surface area contributed by atoms with Crippen LogP contribution >= 0.6 is 0 Å². The Hall–Kier alpha value is -2.34. The molecule has 0 saturated heterocycles. The molecular weight excluding hydrogens is 320 g/mol. The lowest BCUT2D eigenvalue weighted by atomic mass is 9.86. The zero-order valence-electron chi connectivity index (χ0n) is 15.4. The van der Waals surface area contributed by atoms with Crippen LogP contribution in [0.4, 0.5) is 0 Å². The topological polar surface area (TPSA) is 73.5 Å². The maximum Gasteiger partial charge on any atom is 0.330 e. The number of benzene rings is 1. The van der Waals surface area contributed by atoms with Gasteiger partial charge in [-0.2, -0.15) is 0 Å². The van der Waals surface area contributed by atoms with Crippen LogP contribution in [-0.4, -0.2) is 27.0 Å². The number of nitrogens with zero attached hydrogens (tertiary/aromatic N) is 2. The number of aliphatic hydroxyl groups is 1. The van der Waals surface area contributed by atoms with E-state index >= 15 is 0 Å². The Balaban J connectivity index is 2.06. The van der Waals surface area contributed by atoms with Crippen LogP contribution < -0.4 is 16.0 Å². The van der Waals surface area contributed by atoms with Gasteiger partial charge in [0.1, 0.15) is 18.5 Å². The molecule has 1 aromatic heterocycles. The van der Waals surface area contributed by atoms with Gasteiger partial charge >= 0.3 is 5.69 Å². The fourth-order valence-electron chi connectivity index (χ4n) is 2.51. The van der Waals surface area contributed by atoms with Crippen LogP contribution in [0, 0.1) is 6.92 Å². The van der Waals surface area contributed by atoms with E-state index in [1.807, 2.05) is 19.1 Å². The second-order valence-corrected chi connectivity index (χ2v) is 7.35. The molecule has 0 saturated carbocycles. The smallest absolute Gasteiger partial charge is 0.330 e. The highest BCUT2D eigenvalue weighted by Gasteiger charge is 2.16. The van der Waals surface area contributed by atoms with Crippen molar-refractivity contribution in [3.63, 3.8) is 0 Å². The van der Waals surface area contributed by atoms with Gasteiger partial charge in [0, 0.05) is 19.3 Å². The van der Waals surface area contributed by atoms with Crippen molar-refractivity contribution in [2.75, 3.05) is 6.61 Å². The zero-order valence-corrected chi connectivity index (χ0v) is 15.4. The maximum atomic E-state index is 12.0. The Morgan fingerprint density at radius 3 is 2.48 bits per heavy atom. The third kappa shape index (κ3) is 4.60. The number of hydrogen-bond donors (Lipinski definition) is 1. The third-order valence-corrected chi connectivity index (χ3v) is 4.10. The van der Waals surface area contributed by atoms with Crippen LogP contribution in [-0.2, 0) is 19.0 Å². The fourth-order valence-corrected chi connectivity index (χ4v) is 2.51. The first kappa shape index (κ1) is 19.0. The largest absolute Gasteiger partial charge is 0.491 e. The number of hydrogen-bond acceptors (Lipinski definition) is 4. The minimum atomic E-state index is -0.963. The number of rotatable bonds is 5. The van der Waals surface area contributed by atoms with Gasteiger partial charge in [-0.3, -0.25) is 9.36 Å². The van der Waals surface area contributed by atoms with Crippen molar-refractivity contribution in [3.8, 4) is 5.75 Å². The van der Waals surface area contributed by atoms with Crippen molar-refractivity contribution in [2.45, 2.75) is 45.8 Å². The lowest BCUT2D eigenvalue weighted by Gasteiger charge is -2.21. The molecule has 1 aromatic carbocycles. The summed E-state index contributed by atoms with van der Waals surface area (Å²) in [5.74, 6) is 0.681. The van der Waals surface area contributed by atoms with Crippen LogP contribution in [0.2, 0.25) is 0 Å². The second kappa shape index (κ2) is 7.27. The lowest BCUT2D eigenvalue weighted by Crippen LogP contribution is -2.41. The van der Waals surface area contributed by atoms with Gasteiger partial charge in [0.25, 0.3) is 5.56 Å². The van der Waals surface area contributed by atoms with Gasteiger partial charge in [0.15, 0.2) is 0 Å². The fraction of sp³-hybridized carbons (Fsp3) is 0.474. The molecule has 1 heterocycles. The van der Waals surface area contributed by atoms with Crippen molar-refractivity contribution in [1.82, 2.24) is 9.13 Å². The van der Waals surface area contributed by atoms with Gasteiger partial charge < -0.3 is 14.4 Å². The SMILES string of the molecule is Cc1cc(C(C)(C)C)ccc1OCC(O)Cn1c(=O)ccn(C)c1=O. The van der Waals surface area contributed by atoms with E-state index in [-0.39, 0.29) is 18.6 Å². The first-order valence-electron chi connectivity index (χ1n) is 8.28. The standard InChI is InChI=1S/C19H26N2O4/c1-13-10-14(19(2,3)4)6-7-16(13)25-12-15(22)11-21-17(23)8-9-20(5)18(21)24/h6-10,15,22H,11-12H2,1-5H3. The lowest BCUT2D eigenvalue weighted by molar-refractivity contribution is 0.0897. The van der Waals surface area contributed by atoms with Crippen molar-refractivity contribution in [2.24, 2.45) is 7.05 Å². The highest BCUT2D eigenvalue weighted by molar-refractivity contribution is 5.38. The highest BCUT2D eigenvalue weighted by atomic mass is 16.5. The zero-order chi connectivity index (χ0) is 18.8. The summed E-state index contributed by atoms with van der Waals surface area (Å²) in [5, 5.41) is 10.1. The third-order valence-electron chi connectivity index (χ3n) is 4.10. The van der Waals surface area contributed by atoms with Gasteiger partial charge in [-0.05, 0) is 29.5 Å². The van der Waals surface area contributed by atoms with E-state index in [0.717, 1.165) is 10.1 Å². The van der Waals surface area contributed by atoms with Crippen LogP contribution in [0.25, 0.3) is 0 Å². The van der Waals surface area contributed by atoms with Gasteiger partial charge in [0.2, 0.25) is 0 Å². The summed E-state index contributed by atoms with van der Waals surface area (Å²) in [5.41, 5.74) is 1.34. The summed E-state index contributed by atoms with van der Waals surface area (Å²) in [6.45, 7) is 8.28. The van der Waals surface area contributed by atoms with Crippen molar-refractivity contribution >= 4 is 0 Å². The molecule has 0 aliphatic rings. The minimum absolute atomic E-state index is 0.000192. The summed E-state index contributed by atoms with van der Waals surface area (Å²) in [6.07, 6.45) is 0.443. The quantitative estimate of drug-likeness (QED) is 0.892. The first-order chi connectivity index (χ1) is 11.6. The molecule has 136 valence electrons. The number of aliphatic hydroxyl groups excluding tert-OH is 1. The predicted molar refractivity (Wildman–Crippen MR) is 97.3 cm³/mol. The maximum absolute atomic E-state index is 12.0. The molecule has 2 aromatic rings. The minimum Gasteiger partial charge on any atom is -0.491 e. The molecule has 0 aliphatic carbocycles. The van der Waals surface area contributed by atoms with E-state index in [0.29, 0.717) is 5.75 Å². The molecule has 0 radical (unpaired) electrons. The van der Waals surface area contributed by atoms with Crippen molar-refractivity contribution < 1.29 is 9.84 Å².